The first-order valence-electron chi connectivity index (χ1n) is 8.91. The molecule has 6 nitrogen and oxygen atoms in total. The Labute approximate surface area is 175 Å². The maximum Gasteiger partial charge on any atom is 0.573 e. The zero-order valence-electron chi connectivity index (χ0n) is 16.1. The Kier molecular flexibility index (Phi) is 4.94. The van der Waals surface area contributed by atoms with Gasteiger partial charge in [-0.3, -0.25) is 14.0 Å². The van der Waals surface area contributed by atoms with Gasteiger partial charge in [-0.15, -0.1) is 13.2 Å². The van der Waals surface area contributed by atoms with Crippen LogP contribution in [-0.4, -0.2) is 25.7 Å². The van der Waals surface area contributed by atoms with Crippen molar-refractivity contribution in [1.82, 2.24) is 19.3 Å². The van der Waals surface area contributed by atoms with Gasteiger partial charge in [0.1, 0.15) is 11.4 Å². The molecule has 166 valence electrons. The molecule has 3 aromatic heterocycles. The third-order valence-electron chi connectivity index (χ3n) is 4.51. The molecule has 0 spiro atoms. The number of ether oxygens (including phenoxy) is 1. The molecule has 4 aromatic rings. The van der Waals surface area contributed by atoms with Gasteiger partial charge in [0.2, 0.25) is 0 Å². The summed E-state index contributed by atoms with van der Waals surface area (Å²) in [6.45, 7) is 0. The van der Waals surface area contributed by atoms with E-state index in [1.165, 1.54) is 35.4 Å². The fourth-order valence-electron chi connectivity index (χ4n) is 3.15. The Bertz CT molecular complexity index is 1350. The summed E-state index contributed by atoms with van der Waals surface area (Å²) in [7, 11) is 1.61. The van der Waals surface area contributed by atoms with Crippen LogP contribution >= 0.6 is 0 Å². The van der Waals surface area contributed by atoms with Crippen LogP contribution in [0.5, 0.6) is 5.75 Å². The van der Waals surface area contributed by atoms with Crippen molar-refractivity contribution in [3.63, 3.8) is 0 Å². The van der Waals surface area contributed by atoms with E-state index in [4.69, 9.17) is 0 Å². The summed E-state index contributed by atoms with van der Waals surface area (Å²) in [5, 5.41) is 3.90. The van der Waals surface area contributed by atoms with Gasteiger partial charge in [0.15, 0.2) is 0 Å². The first-order valence-corrected chi connectivity index (χ1v) is 8.91. The summed E-state index contributed by atoms with van der Waals surface area (Å²) in [5.74, 6) is -0.487. The van der Waals surface area contributed by atoms with Gasteiger partial charge in [0.25, 0.3) is 5.56 Å². The van der Waals surface area contributed by atoms with Gasteiger partial charge in [-0.05, 0) is 36.4 Å². The molecule has 0 N–H and O–H groups in total. The Hall–Kier alpha value is -3.83. The normalized spacial score (nSPS) is 12.3. The number of fused-ring (bicyclic) bond motifs is 1. The lowest BCUT2D eigenvalue weighted by Crippen LogP contribution is -2.20. The van der Waals surface area contributed by atoms with Crippen LogP contribution in [0.25, 0.3) is 27.7 Å². The van der Waals surface area contributed by atoms with Crippen molar-refractivity contribution in [2.45, 2.75) is 12.5 Å². The molecule has 0 fully saturated rings. The SMILES string of the molecule is Cn1cc(-c2cn(-c3ccc(OC(F)(F)F)cc3)c(=O)c3ccc(C(F)(F)F)nc23)cn1. The summed E-state index contributed by atoms with van der Waals surface area (Å²) in [6, 6.07) is 6.20. The van der Waals surface area contributed by atoms with E-state index in [0.29, 0.717) is 11.6 Å². The zero-order chi connectivity index (χ0) is 23.3. The summed E-state index contributed by atoms with van der Waals surface area (Å²) in [4.78, 5) is 16.7. The summed E-state index contributed by atoms with van der Waals surface area (Å²) in [6.07, 6.45) is -5.40. The third kappa shape index (κ3) is 4.15. The highest BCUT2D eigenvalue weighted by molar-refractivity contribution is 5.92. The van der Waals surface area contributed by atoms with Gasteiger partial charge in [0.05, 0.1) is 17.1 Å². The van der Waals surface area contributed by atoms with E-state index in [-0.39, 0.29) is 22.2 Å². The van der Waals surface area contributed by atoms with Crippen molar-refractivity contribution in [3.05, 3.63) is 71.0 Å². The number of pyridine rings is 2. The second-order valence-electron chi connectivity index (χ2n) is 6.75. The summed E-state index contributed by atoms with van der Waals surface area (Å²) >= 11 is 0. The topological polar surface area (TPSA) is 61.9 Å². The Morgan fingerprint density at radius 3 is 2.19 bits per heavy atom. The van der Waals surface area contributed by atoms with Crippen LogP contribution in [0, 0.1) is 0 Å². The minimum Gasteiger partial charge on any atom is -0.406 e. The van der Waals surface area contributed by atoms with Gasteiger partial charge in [-0.25, -0.2) is 4.98 Å². The molecule has 12 heteroatoms. The third-order valence-corrected chi connectivity index (χ3v) is 4.51. The lowest BCUT2D eigenvalue weighted by Gasteiger charge is -2.14. The number of aryl methyl sites for hydroxylation is 1. The highest BCUT2D eigenvalue weighted by Crippen LogP contribution is 2.32. The van der Waals surface area contributed by atoms with Crippen LogP contribution in [0.4, 0.5) is 26.3 Å². The number of nitrogens with zero attached hydrogens (tertiary/aromatic N) is 4. The van der Waals surface area contributed by atoms with Crippen LogP contribution in [0.2, 0.25) is 0 Å². The van der Waals surface area contributed by atoms with Crippen LogP contribution in [0.15, 0.2) is 59.8 Å². The maximum atomic E-state index is 13.2. The number of benzene rings is 1. The molecule has 0 radical (unpaired) electrons. The maximum absolute atomic E-state index is 13.2. The number of rotatable bonds is 3. The predicted molar refractivity (Wildman–Crippen MR) is 101 cm³/mol. The molecule has 0 aliphatic heterocycles. The number of alkyl halides is 6. The molecular weight excluding hydrogens is 442 g/mol. The van der Waals surface area contributed by atoms with Crippen molar-refractivity contribution in [3.8, 4) is 22.6 Å². The van der Waals surface area contributed by atoms with E-state index in [2.05, 4.69) is 14.8 Å². The average Bonchev–Trinajstić information content (AvgIpc) is 3.13. The lowest BCUT2D eigenvalue weighted by molar-refractivity contribution is -0.274. The largest absolute Gasteiger partial charge is 0.573 e. The van der Waals surface area contributed by atoms with Crippen LogP contribution in [0.1, 0.15) is 5.69 Å². The molecule has 0 unspecified atom stereocenters. The molecule has 0 saturated carbocycles. The van der Waals surface area contributed by atoms with E-state index in [0.717, 1.165) is 22.8 Å². The standard InChI is InChI=1S/C20H12F6N4O2/c1-29-9-11(8-27-29)15-10-30(12-2-4-13(5-3-12)32-20(24,25)26)18(31)14-6-7-16(19(21,22)23)28-17(14)15/h2-10H,1H3. The molecule has 0 saturated heterocycles. The van der Waals surface area contributed by atoms with Gasteiger partial charge in [-0.1, -0.05) is 0 Å². The molecular formula is C20H12F6N4O2. The fourth-order valence-corrected chi connectivity index (χ4v) is 3.15. The molecule has 0 bridgehead atoms. The minimum atomic E-state index is -4.88. The average molecular weight is 454 g/mol. The second-order valence-corrected chi connectivity index (χ2v) is 6.75. The highest BCUT2D eigenvalue weighted by Gasteiger charge is 2.33. The molecule has 3 heterocycles. The second kappa shape index (κ2) is 7.39. The Morgan fingerprint density at radius 1 is 0.938 bits per heavy atom. The Balaban J connectivity index is 1.93. The van der Waals surface area contributed by atoms with Gasteiger partial charge >= 0.3 is 12.5 Å². The monoisotopic (exact) mass is 454 g/mol. The van der Waals surface area contributed by atoms with E-state index < -0.39 is 29.5 Å². The highest BCUT2D eigenvalue weighted by atomic mass is 19.4. The molecule has 32 heavy (non-hydrogen) atoms. The first-order chi connectivity index (χ1) is 14.9. The fraction of sp³-hybridized carbons (Fsp3) is 0.150. The number of aromatic nitrogens is 4. The first kappa shape index (κ1) is 21.4. The van der Waals surface area contributed by atoms with Gasteiger partial charge < -0.3 is 4.74 Å². The van der Waals surface area contributed by atoms with E-state index in [9.17, 15) is 31.1 Å². The number of hydrogen-bond donors (Lipinski definition) is 0. The van der Waals surface area contributed by atoms with E-state index >= 15 is 0 Å². The molecule has 1 aromatic carbocycles. The predicted octanol–water partition coefficient (Wildman–Crippen LogP) is 4.70. The van der Waals surface area contributed by atoms with Crippen molar-refractivity contribution in [2.24, 2.45) is 7.05 Å². The van der Waals surface area contributed by atoms with E-state index in [1.807, 2.05) is 0 Å². The number of hydrogen-bond acceptors (Lipinski definition) is 4. The summed E-state index contributed by atoms with van der Waals surface area (Å²) in [5.41, 5.74) is -1.27. The van der Waals surface area contributed by atoms with Crippen molar-refractivity contribution in [2.75, 3.05) is 0 Å². The van der Waals surface area contributed by atoms with Crippen LogP contribution in [0.3, 0.4) is 0 Å². The van der Waals surface area contributed by atoms with Gasteiger partial charge in [-0.2, -0.15) is 18.3 Å². The lowest BCUT2D eigenvalue weighted by atomic mass is 10.1. The molecule has 0 aliphatic rings. The van der Waals surface area contributed by atoms with Crippen LogP contribution in [-0.2, 0) is 13.2 Å². The smallest absolute Gasteiger partial charge is 0.406 e. The van der Waals surface area contributed by atoms with E-state index in [1.54, 1.807) is 7.05 Å². The Morgan fingerprint density at radius 2 is 1.62 bits per heavy atom. The molecule has 0 atom stereocenters. The van der Waals surface area contributed by atoms with Gasteiger partial charge in [0, 0.05) is 36.3 Å². The molecule has 0 aliphatic carbocycles. The minimum absolute atomic E-state index is 0.102. The van der Waals surface area contributed by atoms with Crippen molar-refractivity contribution >= 4 is 10.9 Å². The van der Waals surface area contributed by atoms with Crippen LogP contribution < -0.4 is 10.3 Å². The zero-order valence-corrected chi connectivity index (χ0v) is 16.1. The molecule has 0 amide bonds. The quantitative estimate of drug-likeness (QED) is 0.421. The van der Waals surface area contributed by atoms with Crippen molar-refractivity contribution in [1.29, 1.82) is 0 Å². The summed E-state index contributed by atoms with van der Waals surface area (Å²) < 4.78 is 83.1. The van der Waals surface area contributed by atoms with Crippen molar-refractivity contribution < 1.29 is 31.1 Å². The number of halogens is 6. The molecule has 4 rings (SSSR count).